The molecule has 1 aromatic heterocycles. The molecule has 2 nitrogen and oxygen atoms in total. The van der Waals surface area contributed by atoms with Crippen LogP contribution in [0.5, 0.6) is 0 Å². The van der Waals surface area contributed by atoms with Gasteiger partial charge >= 0.3 is 240 Å². The van der Waals surface area contributed by atoms with Crippen LogP contribution in [-0.2, 0) is 0 Å². The molecule has 0 bridgehead atoms. The summed E-state index contributed by atoms with van der Waals surface area (Å²) in [4.78, 5) is 0. The van der Waals surface area contributed by atoms with Gasteiger partial charge in [-0.25, -0.2) is 0 Å². The maximum atomic E-state index is 10.2. The molecule has 1 rings (SSSR count). The van der Waals surface area contributed by atoms with Gasteiger partial charge in [-0.05, 0) is 0 Å². The predicted molar refractivity (Wildman–Crippen MR) is 184 cm³/mol. The minimum absolute atomic E-state index is 0.957. The predicted octanol–water partition coefficient (Wildman–Crippen LogP) is 13.1. The van der Waals surface area contributed by atoms with Gasteiger partial charge in [0.25, 0.3) is 0 Å². The van der Waals surface area contributed by atoms with Gasteiger partial charge in [0.15, 0.2) is 0 Å². The van der Waals surface area contributed by atoms with E-state index in [1.807, 2.05) is 0 Å². The molecule has 0 radical (unpaired) electrons. The topological polar surface area (TPSA) is 28.7 Å². The van der Waals surface area contributed by atoms with E-state index in [9.17, 15) is 5.26 Å². The molecule has 0 aliphatic rings. The second kappa shape index (κ2) is 23.7. The van der Waals surface area contributed by atoms with Crippen LogP contribution in [0.3, 0.4) is 0 Å². The van der Waals surface area contributed by atoms with Crippen LogP contribution in [0.2, 0.25) is 0 Å². The van der Waals surface area contributed by atoms with Gasteiger partial charge in [-0.1, -0.05) is 13.3 Å². The van der Waals surface area contributed by atoms with Crippen molar-refractivity contribution in [2.75, 3.05) is 24.6 Å². The third-order valence-corrected chi connectivity index (χ3v) is 17.2. The SMILES string of the molecule is CCCCCCCCCCCCCCP(CCCCCC)(CCCCCC)(CCCCCC)n1cccc1C#N. The van der Waals surface area contributed by atoms with Crippen molar-refractivity contribution >= 4 is 6.75 Å². The Hall–Kier alpha value is -0.800. The van der Waals surface area contributed by atoms with Crippen LogP contribution < -0.4 is 0 Å². The van der Waals surface area contributed by atoms with Crippen molar-refractivity contribution in [2.45, 2.75) is 182 Å². The number of rotatable bonds is 29. The molecule has 0 saturated heterocycles. The molecule has 0 unspecified atom stereocenters. The van der Waals surface area contributed by atoms with Crippen LogP contribution in [0.1, 0.15) is 187 Å². The number of hydrogen-bond acceptors (Lipinski definition) is 1. The fourth-order valence-electron chi connectivity index (χ4n) is 7.25. The summed E-state index contributed by atoms with van der Waals surface area (Å²) in [6.45, 7) is 7.01. The van der Waals surface area contributed by atoms with Crippen molar-refractivity contribution in [1.82, 2.24) is 4.34 Å². The van der Waals surface area contributed by atoms with Gasteiger partial charge in [0.05, 0.1) is 0 Å². The van der Waals surface area contributed by atoms with E-state index in [1.165, 1.54) is 179 Å². The maximum absolute atomic E-state index is 10.2. The van der Waals surface area contributed by atoms with Gasteiger partial charge in [0, 0.05) is 0 Å². The molecule has 0 aliphatic heterocycles. The Morgan fingerprint density at radius 3 is 1.12 bits per heavy atom. The normalized spacial score (nSPS) is 12.8. The fourth-order valence-corrected chi connectivity index (χ4v) is 14.8. The van der Waals surface area contributed by atoms with Crippen LogP contribution in [-0.4, -0.2) is 29.0 Å². The molecule has 0 amide bonds. The average Bonchev–Trinajstić information content (AvgIpc) is 3.47. The molecule has 0 spiro atoms. The van der Waals surface area contributed by atoms with Crippen LogP contribution in [0.15, 0.2) is 18.3 Å². The van der Waals surface area contributed by atoms with Crippen molar-refractivity contribution in [3.63, 3.8) is 0 Å². The van der Waals surface area contributed by atoms with Crippen LogP contribution >= 0.6 is 6.75 Å². The molecule has 234 valence electrons. The Balaban J connectivity index is 3.00. The third kappa shape index (κ3) is 13.9. The second-order valence-electron chi connectivity index (χ2n) is 13.2. The molecule has 3 heteroatoms. The summed E-state index contributed by atoms with van der Waals surface area (Å²) >= 11 is 0. The van der Waals surface area contributed by atoms with E-state index in [0.717, 1.165) is 5.69 Å². The van der Waals surface area contributed by atoms with E-state index in [1.54, 1.807) is 0 Å². The van der Waals surface area contributed by atoms with Gasteiger partial charge in [0.1, 0.15) is 0 Å². The summed E-state index contributed by atoms with van der Waals surface area (Å²) in [6.07, 6.45) is 41.0. The standard InChI is InChI=1S/C37H71N2P/c1-5-9-13-17-18-19-20-21-22-23-24-28-35-40(32-25-14-10-6-2,33-26-15-11-7-3,34-27-16-12-8-4)39-31-29-30-37(39)36-38/h29-31H,5-28,32-35H2,1-4H3. The summed E-state index contributed by atoms with van der Waals surface area (Å²) in [5.74, 6) is 0. The summed E-state index contributed by atoms with van der Waals surface area (Å²) in [6, 6.07) is 6.96. The summed E-state index contributed by atoms with van der Waals surface area (Å²) < 4.78 is 2.67. The number of hydrogen-bond donors (Lipinski definition) is 0. The van der Waals surface area contributed by atoms with Crippen molar-refractivity contribution in [3.8, 4) is 6.07 Å². The molecule has 1 aromatic rings. The van der Waals surface area contributed by atoms with E-state index < -0.39 is 6.75 Å². The zero-order valence-corrected chi connectivity index (χ0v) is 28.8. The Labute approximate surface area is 252 Å². The first-order valence-electron chi connectivity index (χ1n) is 18.2. The first kappa shape index (κ1) is 37.2. The monoisotopic (exact) mass is 575 g/mol. The van der Waals surface area contributed by atoms with Gasteiger partial charge < -0.3 is 0 Å². The summed E-state index contributed by atoms with van der Waals surface area (Å²) in [7, 11) is 0. The van der Waals surface area contributed by atoms with Gasteiger partial charge in [-0.2, -0.15) is 0 Å². The molecule has 0 atom stereocenters. The first-order chi connectivity index (χ1) is 19.6. The van der Waals surface area contributed by atoms with Crippen LogP contribution in [0.4, 0.5) is 0 Å². The zero-order valence-electron chi connectivity index (χ0n) is 27.9. The van der Waals surface area contributed by atoms with Crippen molar-refractivity contribution in [3.05, 3.63) is 24.0 Å². The first-order valence-corrected chi connectivity index (χ1v) is 21.1. The average molecular weight is 575 g/mol. The molecule has 0 fully saturated rings. The number of aromatic nitrogens is 1. The molecule has 1 heterocycles. The summed E-state index contributed by atoms with van der Waals surface area (Å²) in [5, 5.41) is 10.2. The minimum atomic E-state index is -2.30. The van der Waals surface area contributed by atoms with E-state index in [0.29, 0.717) is 0 Å². The quantitative estimate of drug-likeness (QED) is 0.0691. The zero-order chi connectivity index (χ0) is 29.2. The molecule has 0 aliphatic carbocycles. The van der Waals surface area contributed by atoms with Crippen molar-refractivity contribution < 1.29 is 0 Å². The van der Waals surface area contributed by atoms with E-state index >= 15 is 0 Å². The molecule has 0 N–H and O–H groups in total. The van der Waals surface area contributed by atoms with Crippen LogP contribution in [0, 0.1) is 11.3 Å². The Morgan fingerprint density at radius 2 is 0.800 bits per heavy atom. The van der Waals surface area contributed by atoms with Crippen molar-refractivity contribution in [2.24, 2.45) is 0 Å². The Bertz CT molecular complexity index is 712. The van der Waals surface area contributed by atoms with E-state index in [2.05, 4.69) is 56.4 Å². The Morgan fingerprint density at radius 1 is 0.500 bits per heavy atom. The Kier molecular flexibility index (Phi) is 22.1. The third-order valence-electron chi connectivity index (χ3n) is 9.80. The van der Waals surface area contributed by atoms with Crippen LogP contribution in [0.25, 0.3) is 0 Å². The number of unbranched alkanes of at least 4 members (excludes halogenated alkanes) is 20. The second-order valence-corrected chi connectivity index (χ2v) is 19.3. The van der Waals surface area contributed by atoms with E-state index in [-0.39, 0.29) is 0 Å². The van der Waals surface area contributed by atoms with Crippen molar-refractivity contribution in [1.29, 1.82) is 5.26 Å². The van der Waals surface area contributed by atoms with Gasteiger partial charge in [-0.15, -0.1) is 0 Å². The number of nitriles is 1. The fraction of sp³-hybridized carbons (Fsp3) is 0.865. The van der Waals surface area contributed by atoms with Gasteiger partial charge in [-0.3, -0.25) is 0 Å². The molecule has 40 heavy (non-hydrogen) atoms. The summed E-state index contributed by atoms with van der Waals surface area (Å²) in [5.41, 5.74) is 0.957. The molecule has 0 aromatic carbocycles. The molecular weight excluding hydrogens is 503 g/mol. The molecule has 0 saturated carbocycles. The van der Waals surface area contributed by atoms with Gasteiger partial charge in [0.2, 0.25) is 0 Å². The number of nitrogens with zero attached hydrogens (tertiary/aromatic N) is 2. The molecular formula is C37H71N2P. The van der Waals surface area contributed by atoms with E-state index in [4.69, 9.17) is 0 Å².